The standard InChI is InChI=1S/C28H41ClN4O4S/c1-2-3-14-33-26(35)23(24(34)19-8-5-4-6-9-19)31-27(36)28(33)12-15-32(16-13-28)18-22-30-25(38-37-22)20-10-7-11-21(29)17-20/h7,10-11,17,19,22-25,30,34H,2-6,8-9,12-16,18H2,1H3,(H,31,36)/t22?,23-,24-,25?/m1/s1. The Morgan fingerprint density at radius 2 is 1.97 bits per heavy atom. The van der Waals surface area contributed by atoms with Gasteiger partial charge < -0.3 is 15.3 Å². The third-order valence-corrected chi connectivity index (χ3v) is 10.0. The number of rotatable bonds is 8. The maximum atomic E-state index is 13.8. The summed E-state index contributed by atoms with van der Waals surface area (Å²) in [6.45, 7) is 4.76. The molecule has 0 bridgehead atoms. The number of aliphatic hydroxyl groups is 1. The maximum Gasteiger partial charge on any atom is 0.248 e. The van der Waals surface area contributed by atoms with E-state index in [0.29, 0.717) is 44.0 Å². The number of nitrogens with one attached hydrogen (secondary N) is 2. The number of piperazine rings is 1. The van der Waals surface area contributed by atoms with Crippen LogP contribution in [0.1, 0.15) is 75.6 Å². The first-order valence-electron chi connectivity index (χ1n) is 14.3. The second-order valence-corrected chi connectivity index (χ2v) is 12.6. The number of hydrogen-bond donors (Lipinski definition) is 3. The molecule has 0 aromatic heterocycles. The van der Waals surface area contributed by atoms with E-state index in [1.165, 1.54) is 18.5 Å². The fourth-order valence-electron chi connectivity index (χ4n) is 6.55. The normalized spacial score (nSPS) is 29.6. The highest BCUT2D eigenvalue weighted by atomic mass is 35.5. The van der Waals surface area contributed by atoms with E-state index in [-0.39, 0.29) is 29.3 Å². The van der Waals surface area contributed by atoms with E-state index in [0.717, 1.165) is 44.1 Å². The minimum atomic E-state index is -0.840. The smallest absolute Gasteiger partial charge is 0.248 e. The van der Waals surface area contributed by atoms with Gasteiger partial charge >= 0.3 is 0 Å². The number of carbonyl (C=O) groups is 2. The molecule has 1 saturated carbocycles. The zero-order valence-electron chi connectivity index (χ0n) is 22.2. The van der Waals surface area contributed by atoms with Crippen molar-refractivity contribution >= 4 is 35.5 Å². The highest BCUT2D eigenvalue weighted by molar-refractivity contribution is 7.95. The summed E-state index contributed by atoms with van der Waals surface area (Å²) < 4.78 is 5.96. The molecule has 210 valence electrons. The maximum absolute atomic E-state index is 13.8. The number of halogens is 1. The Morgan fingerprint density at radius 3 is 2.68 bits per heavy atom. The number of hydrogen-bond acceptors (Lipinski definition) is 7. The van der Waals surface area contributed by atoms with Crippen molar-refractivity contribution in [3.63, 3.8) is 0 Å². The number of likely N-dealkylation sites (tertiary alicyclic amines) is 1. The fourth-order valence-corrected chi connectivity index (χ4v) is 7.57. The zero-order chi connectivity index (χ0) is 26.7. The summed E-state index contributed by atoms with van der Waals surface area (Å²) in [5.74, 6) is -0.125. The van der Waals surface area contributed by atoms with E-state index >= 15 is 0 Å². The van der Waals surface area contributed by atoms with Crippen molar-refractivity contribution < 1.29 is 18.9 Å². The topological polar surface area (TPSA) is 94.1 Å². The number of carbonyl (C=O) groups excluding carboxylic acids is 2. The molecule has 0 radical (unpaired) electrons. The van der Waals surface area contributed by atoms with Crippen LogP contribution >= 0.6 is 23.6 Å². The summed E-state index contributed by atoms with van der Waals surface area (Å²) in [5.41, 5.74) is 0.240. The minimum Gasteiger partial charge on any atom is -0.390 e. The second kappa shape index (κ2) is 12.4. The summed E-state index contributed by atoms with van der Waals surface area (Å²) in [6, 6.07) is 6.96. The zero-order valence-corrected chi connectivity index (χ0v) is 23.8. The van der Waals surface area contributed by atoms with Crippen molar-refractivity contribution in [3.05, 3.63) is 34.9 Å². The van der Waals surface area contributed by atoms with Crippen LogP contribution in [-0.4, -0.2) is 76.8 Å². The van der Waals surface area contributed by atoms with Crippen molar-refractivity contribution in [1.29, 1.82) is 0 Å². The Balaban J connectivity index is 1.21. The van der Waals surface area contributed by atoms with Crippen LogP contribution in [0.2, 0.25) is 5.02 Å². The molecule has 4 atom stereocenters. The van der Waals surface area contributed by atoms with Crippen molar-refractivity contribution in [3.8, 4) is 0 Å². The van der Waals surface area contributed by atoms with Gasteiger partial charge in [0.2, 0.25) is 11.8 Å². The molecular weight excluding hydrogens is 524 g/mol. The van der Waals surface area contributed by atoms with Gasteiger partial charge in [-0.1, -0.05) is 56.3 Å². The number of piperidine rings is 1. The number of amides is 2. The highest BCUT2D eigenvalue weighted by Gasteiger charge is 2.55. The van der Waals surface area contributed by atoms with Crippen LogP contribution in [0, 0.1) is 5.92 Å². The molecule has 4 aliphatic rings. The van der Waals surface area contributed by atoms with E-state index in [2.05, 4.69) is 22.5 Å². The van der Waals surface area contributed by atoms with Gasteiger partial charge in [0.1, 0.15) is 23.2 Å². The molecule has 3 heterocycles. The lowest BCUT2D eigenvalue weighted by Crippen LogP contribution is -2.75. The number of benzene rings is 1. The first kappa shape index (κ1) is 28.2. The number of unbranched alkanes of at least 4 members (excludes halogenated alkanes) is 1. The van der Waals surface area contributed by atoms with Crippen molar-refractivity contribution in [2.75, 3.05) is 26.2 Å². The Labute approximate surface area is 235 Å². The van der Waals surface area contributed by atoms with Crippen LogP contribution in [0.25, 0.3) is 0 Å². The van der Waals surface area contributed by atoms with Crippen molar-refractivity contribution in [2.24, 2.45) is 5.92 Å². The molecule has 8 nitrogen and oxygen atoms in total. The van der Waals surface area contributed by atoms with E-state index in [4.69, 9.17) is 15.8 Å². The quantitative estimate of drug-likeness (QED) is 0.413. The predicted molar refractivity (Wildman–Crippen MR) is 149 cm³/mol. The lowest BCUT2D eigenvalue weighted by Gasteiger charge is -2.52. The van der Waals surface area contributed by atoms with Crippen LogP contribution < -0.4 is 10.6 Å². The molecular formula is C28H41ClN4O4S. The van der Waals surface area contributed by atoms with Crippen molar-refractivity contribution in [1.82, 2.24) is 20.4 Å². The lowest BCUT2D eigenvalue weighted by molar-refractivity contribution is -0.166. The monoisotopic (exact) mass is 564 g/mol. The van der Waals surface area contributed by atoms with E-state index < -0.39 is 17.7 Å². The summed E-state index contributed by atoms with van der Waals surface area (Å²) in [4.78, 5) is 31.6. The molecule has 38 heavy (non-hydrogen) atoms. The third kappa shape index (κ3) is 5.88. The van der Waals surface area contributed by atoms with Gasteiger partial charge in [0.25, 0.3) is 0 Å². The van der Waals surface area contributed by atoms with Crippen molar-refractivity contribution in [2.45, 2.75) is 94.0 Å². The van der Waals surface area contributed by atoms with E-state index in [1.54, 1.807) is 0 Å². The van der Waals surface area contributed by atoms with E-state index in [1.807, 2.05) is 29.2 Å². The van der Waals surface area contributed by atoms with Crippen LogP contribution in [0.4, 0.5) is 0 Å². The molecule has 3 saturated heterocycles. The number of nitrogens with zero attached hydrogens (tertiary/aromatic N) is 2. The van der Waals surface area contributed by atoms with Gasteiger partial charge in [-0.3, -0.25) is 24.0 Å². The molecule has 5 rings (SSSR count). The Kier molecular flexibility index (Phi) is 9.22. The first-order valence-corrected chi connectivity index (χ1v) is 15.5. The third-order valence-electron chi connectivity index (χ3n) is 8.83. The predicted octanol–water partition coefficient (Wildman–Crippen LogP) is 3.84. The molecule has 1 aromatic carbocycles. The molecule has 2 amide bonds. The molecule has 3 N–H and O–H groups in total. The average molecular weight is 565 g/mol. The Morgan fingerprint density at radius 1 is 1.21 bits per heavy atom. The Hall–Kier alpha value is -1.36. The first-order chi connectivity index (χ1) is 18.4. The van der Waals surface area contributed by atoms with Gasteiger partial charge in [-0.05, 0) is 55.7 Å². The van der Waals surface area contributed by atoms with Gasteiger partial charge in [-0.2, -0.15) is 0 Å². The van der Waals surface area contributed by atoms with E-state index in [9.17, 15) is 14.7 Å². The van der Waals surface area contributed by atoms with Gasteiger partial charge in [0.15, 0.2) is 0 Å². The fraction of sp³-hybridized carbons (Fsp3) is 0.714. The molecule has 2 unspecified atom stereocenters. The molecule has 1 spiro atoms. The molecule has 1 aliphatic carbocycles. The SMILES string of the molecule is CCCCN1C(=O)[C@@H]([C@H](O)C2CCCCC2)NC(=O)C12CCN(CC1NC(c3cccc(Cl)c3)SO1)CC2. The van der Waals surface area contributed by atoms with Gasteiger partial charge in [0, 0.05) is 43.2 Å². The van der Waals surface area contributed by atoms with Crippen LogP contribution in [0.3, 0.4) is 0 Å². The summed E-state index contributed by atoms with van der Waals surface area (Å²) in [7, 11) is 0. The van der Waals surface area contributed by atoms with Crippen LogP contribution in [0.5, 0.6) is 0 Å². The lowest BCUT2D eigenvalue weighted by atomic mass is 9.78. The largest absolute Gasteiger partial charge is 0.390 e. The summed E-state index contributed by atoms with van der Waals surface area (Å²) in [6.07, 6.45) is 7.18. The molecule has 1 aromatic rings. The second-order valence-electron chi connectivity index (χ2n) is 11.3. The highest BCUT2D eigenvalue weighted by Crippen LogP contribution is 2.38. The van der Waals surface area contributed by atoms with Crippen LogP contribution in [0.15, 0.2) is 24.3 Å². The molecule has 4 fully saturated rings. The summed E-state index contributed by atoms with van der Waals surface area (Å²) in [5, 5.41) is 18.4. The molecule has 3 aliphatic heterocycles. The summed E-state index contributed by atoms with van der Waals surface area (Å²) >= 11 is 7.57. The minimum absolute atomic E-state index is 0.0219. The Bertz CT molecular complexity index is 985. The average Bonchev–Trinajstić information content (AvgIpc) is 3.40. The van der Waals surface area contributed by atoms with Crippen LogP contribution in [-0.2, 0) is 13.8 Å². The molecule has 10 heteroatoms. The number of aliphatic hydroxyl groups excluding tert-OH is 1. The van der Waals surface area contributed by atoms with Gasteiger partial charge in [-0.25, -0.2) is 0 Å². The van der Waals surface area contributed by atoms with Gasteiger partial charge in [-0.15, -0.1) is 0 Å². The van der Waals surface area contributed by atoms with Gasteiger partial charge in [0.05, 0.1) is 6.10 Å².